The molecule has 0 aliphatic carbocycles. The van der Waals surface area contributed by atoms with Crippen LogP contribution in [0.25, 0.3) is 10.8 Å². The Labute approximate surface area is 92.6 Å². The number of hydrogen-bond donors (Lipinski definition) is 0. The highest BCUT2D eigenvalue weighted by atomic mass is 32.2. The molecule has 2 aromatic rings. The van der Waals surface area contributed by atoms with Crippen LogP contribution >= 0.6 is 0 Å². The number of rotatable bonds is 2. The van der Waals surface area contributed by atoms with E-state index in [0.29, 0.717) is 5.39 Å². The van der Waals surface area contributed by atoms with Crippen molar-refractivity contribution >= 4 is 20.9 Å². The molecule has 0 atom stereocenters. The van der Waals surface area contributed by atoms with Gasteiger partial charge in [0.2, 0.25) is 0 Å². The van der Waals surface area contributed by atoms with Gasteiger partial charge in [-0.15, -0.1) is 0 Å². The lowest BCUT2D eigenvalue weighted by Crippen LogP contribution is -2.05. The number of benzene rings is 2. The topological polar surface area (TPSA) is 43.4 Å². The predicted molar refractivity (Wildman–Crippen MR) is 57.5 cm³/mol. The maximum Gasteiger partial charge on any atom is 0.300 e. The lowest BCUT2D eigenvalue weighted by atomic mass is 10.1. The molecule has 1 radical (unpaired) electrons. The van der Waals surface area contributed by atoms with Gasteiger partial charge in [0.25, 0.3) is 0 Å². The molecule has 2 aromatic carbocycles. The van der Waals surface area contributed by atoms with E-state index in [0.717, 1.165) is 6.07 Å². The average Bonchev–Trinajstić information content (AvgIpc) is 2.28. The maximum absolute atomic E-state index is 13.5. The second-order valence-corrected chi connectivity index (χ2v) is 4.72. The standard InChI is InChI=1S/C11H8FO3S/c1-15-16(13,14)11-9-5-3-2-4-8(9)6-7-10(11)12/h2-7H,1H2. The van der Waals surface area contributed by atoms with Crippen molar-refractivity contribution in [3.05, 3.63) is 49.3 Å². The first-order chi connectivity index (χ1) is 7.56. The van der Waals surface area contributed by atoms with Gasteiger partial charge in [0.15, 0.2) is 0 Å². The molecule has 0 N–H and O–H groups in total. The van der Waals surface area contributed by atoms with Crippen molar-refractivity contribution in [3.8, 4) is 0 Å². The molecule has 0 unspecified atom stereocenters. The van der Waals surface area contributed by atoms with Gasteiger partial charge in [-0.2, -0.15) is 8.42 Å². The van der Waals surface area contributed by atoms with Crippen LogP contribution in [0.1, 0.15) is 0 Å². The molecule has 0 spiro atoms. The third-order valence-electron chi connectivity index (χ3n) is 2.24. The third kappa shape index (κ3) is 1.68. The SMILES string of the molecule is [CH2]OS(=O)(=O)c1c(F)ccc2ccccc12. The van der Waals surface area contributed by atoms with Gasteiger partial charge in [-0.1, -0.05) is 30.3 Å². The summed E-state index contributed by atoms with van der Waals surface area (Å²) in [4.78, 5) is -0.472. The minimum atomic E-state index is -4.14. The van der Waals surface area contributed by atoms with Crippen LogP contribution in [0, 0.1) is 12.9 Å². The Morgan fingerprint density at radius 2 is 1.81 bits per heavy atom. The molecule has 16 heavy (non-hydrogen) atoms. The van der Waals surface area contributed by atoms with Crippen molar-refractivity contribution in [2.75, 3.05) is 0 Å². The Balaban J connectivity index is 2.92. The summed E-state index contributed by atoms with van der Waals surface area (Å²) in [6.07, 6.45) is 0. The summed E-state index contributed by atoms with van der Waals surface area (Å²) in [5.74, 6) is -0.845. The van der Waals surface area contributed by atoms with Gasteiger partial charge < -0.3 is 0 Å². The van der Waals surface area contributed by atoms with Gasteiger partial charge in [-0.25, -0.2) is 4.39 Å². The molecule has 83 valence electrons. The zero-order valence-corrected chi connectivity index (χ0v) is 9.00. The van der Waals surface area contributed by atoms with E-state index in [1.165, 1.54) is 12.1 Å². The van der Waals surface area contributed by atoms with E-state index in [1.807, 2.05) is 0 Å². The highest BCUT2D eigenvalue weighted by molar-refractivity contribution is 7.87. The summed E-state index contributed by atoms with van der Waals surface area (Å²) in [6, 6.07) is 9.17. The van der Waals surface area contributed by atoms with Crippen molar-refractivity contribution in [1.82, 2.24) is 0 Å². The molecule has 2 rings (SSSR count). The van der Waals surface area contributed by atoms with Gasteiger partial charge in [0, 0.05) is 5.39 Å². The molecule has 0 heterocycles. The first-order valence-electron chi connectivity index (χ1n) is 4.42. The Bertz CT molecular complexity index is 635. The second kappa shape index (κ2) is 3.84. The van der Waals surface area contributed by atoms with Crippen molar-refractivity contribution in [1.29, 1.82) is 0 Å². The van der Waals surface area contributed by atoms with Crippen LogP contribution in [0.15, 0.2) is 41.3 Å². The largest absolute Gasteiger partial charge is 0.300 e. The molecule has 3 nitrogen and oxygen atoms in total. The van der Waals surface area contributed by atoms with E-state index >= 15 is 0 Å². The summed E-state index contributed by atoms with van der Waals surface area (Å²) in [5, 5.41) is 0.908. The van der Waals surface area contributed by atoms with E-state index in [4.69, 9.17) is 0 Å². The molecule has 0 bridgehead atoms. The summed E-state index contributed by atoms with van der Waals surface area (Å²) in [5.41, 5.74) is 0. The van der Waals surface area contributed by atoms with Gasteiger partial charge >= 0.3 is 10.1 Å². The predicted octanol–water partition coefficient (Wildman–Crippen LogP) is 2.48. The maximum atomic E-state index is 13.5. The second-order valence-electron chi connectivity index (χ2n) is 3.17. The van der Waals surface area contributed by atoms with Crippen LogP contribution < -0.4 is 0 Å². The van der Waals surface area contributed by atoms with Gasteiger partial charge in [-0.05, 0) is 11.5 Å². The monoisotopic (exact) mass is 239 g/mol. The molecule has 0 aliphatic heterocycles. The quantitative estimate of drug-likeness (QED) is 0.756. The lowest BCUT2D eigenvalue weighted by molar-refractivity contribution is 0.433. The zero-order valence-electron chi connectivity index (χ0n) is 8.18. The van der Waals surface area contributed by atoms with Crippen LogP contribution in [0.2, 0.25) is 0 Å². The number of fused-ring (bicyclic) bond motifs is 1. The highest BCUT2D eigenvalue weighted by Crippen LogP contribution is 2.26. The lowest BCUT2D eigenvalue weighted by Gasteiger charge is -2.06. The van der Waals surface area contributed by atoms with Crippen molar-refractivity contribution in [2.45, 2.75) is 4.90 Å². The summed E-state index contributed by atoms with van der Waals surface area (Å²) < 4.78 is 40.6. The molecule has 0 aliphatic rings. The molecule has 0 aromatic heterocycles. The zero-order chi connectivity index (χ0) is 11.8. The van der Waals surface area contributed by atoms with E-state index in [-0.39, 0.29) is 5.39 Å². The molecule has 0 amide bonds. The first kappa shape index (κ1) is 11.0. The fraction of sp³-hybridized carbons (Fsp3) is 0. The average molecular weight is 239 g/mol. The summed E-state index contributed by atoms with van der Waals surface area (Å²) in [6.45, 7) is 0. The van der Waals surface area contributed by atoms with Gasteiger partial charge in [0.1, 0.15) is 10.7 Å². The molecule has 0 saturated carbocycles. The van der Waals surface area contributed by atoms with Crippen LogP contribution in [0.4, 0.5) is 4.39 Å². The summed E-state index contributed by atoms with van der Waals surface area (Å²) in [7, 11) is -1.31. The van der Waals surface area contributed by atoms with E-state index in [2.05, 4.69) is 11.3 Å². The summed E-state index contributed by atoms with van der Waals surface area (Å²) >= 11 is 0. The van der Waals surface area contributed by atoms with E-state index in [1.54, 1.807) is 18.2 Å². The van der Waals surface area contributed by atoms with Gasteiger partial charge in [-0.3, -0.25) is 4.18 Å². The third-order valence-corrected chi connectivity index (χ3v) is 3.46. The molecular weight excluding hydrogens is 231 g/mol. The Hall–Kier alpha value is -1.46. The van der Waals surface area contributed by atoms with Crippen LogP contribution in [0.3, 0.4) is 0 Å². The minimum absolute atomic E-state index is 0.283. The Morgan fingerprint density at radius 1 is 1.12 bits per heavy atom. The smallest absolute Gasteiger partial charge is 0.264 e. The van der Waals surface area contributed by atoms with E-state index < -0.39 is 20.8 Å². The van der Waals surface area contributed by atoms with Gasteiger partial charge in [0.05, 0.1) is 7.11 Å². The first-order valence-corrected chi connectivity index (χ1v) is 5.83. The van der Waals surface area contributed by atoms with Crippen LogP contribution in [-0.4, -0.2) is 8.42 Å². The van der Waals surface area contributed by atoms with Crippen LogP contribution in [0.5, 0.6) is 0 Å². The Morgan fingerprint density at radius 3 is 2.50 bits per heavy atom. The molecular formula is C11H8FO3S. The number of halogens is 1. The van der Waals surface area contributed by atoms with Crippen molar-refractivity contribution < 1.29 is 17.0 Å². The molecule has 0 fully saturated rings. The fourth-order valence-electron chi connectivity index (χ4n) is 1.53. The van der Waals surface area contributed by atoms with E-state index in [9.17, 15) is 12.8 Å². The normalized spacial score (nSPS) is 11.9. The van der Waals surface area contributed by atoms with Crippen LogP contribution in [-0.2, 0) is 14.3 Å². The number of hydrogen-bond acceptors (Lipinski definition) is 3. The molecule has 0 saturated heterocycles. The Kier molecular flexibility index (Phi) is 2.65. The van der Waals surface area contributed by atoms with Crippen molar-refractivity contribution in [3.63, 3.8) is 0 Å². The van der Waals surface area contributed by atoms with Crippen molar-refractivity contribution in [2.24, 2.45) is 0 Å². The fourth-order valence-corrected chi connectivity index (χ4v) is 2.41. The molecule has 5 heteroatoms. The minimum Gasteiger partial charge on any atom is -0.264 e. The highest BCUT2D eigenvalue weighted by Gasteiger charge is 2.21.